The topological polar surface area (TPSA) is 136 Å². The van der Waals surface area contributed by atoms with Crippen molar-refractivity contribution in [3.05, 3.63) is 34.5 Å². The number of hydrazone groups is 1. The van der Waals surface area contributed by atoms with Crippen molar-refractivity contribution in [2.45, 2.75) is 40.5 Å². The highest BCUT2D eigenvalue weighted by Gasteiger charge is 2.36. The van der Waals surface area contributed by atoms with E-state index < -0.39 is 11.9 Å². The van der Waals surface area contributed by atoms with E-state index in [2.05, 4.69) is 34.8 Å². The third-order valence-corrected chi connectivity index (χ3v) is 4.17. The minimum atomic E-state index is -0.747. The number of aryl methyl sites for hydroxylation is 1. The Bertz CT molecular complexity index is 906. The molecular weight excluding hydrogens is 338 g/mol. The number of furan rings is 1. The molecule has 0 spiro atoms. The number of nitrogens with zero attached hydrogens (tertiary/aromatic N) is 2. The molecule has 2 aromatic rings. The highest BCUT2D eigenvalue weighted by atomic mass is 16.5. The molecule has 2 aromatic heterocycles. The SMILES string of the molecule is Cc1cc(NC(=O)c2oc3c(c2C)/C(=N\NC(N)=O)CC(C)(C)C3)no1. The van der Waals surface area contributed by atoms with Crippen LogP contribution >= 0.6 is 0 Å². The fourth-order valence-corrected chi connectivity index (χ4v) is 3.15. The Balaban J connectivity index is 1.97. The Morgan fingerprint density at radius 1 is 1.31 bits per heavy atom. The van der Waals surface area contributed by atoms with Crippen molar-refractivity contribution in [3.8, 4) is 0 Å². The van der Waals surface area contributed by atoms with Crippen LogP contribution in [-0.4, -0.2) is 22.8 Å². The second kappa shape index (κ2) is 6.32. The predicted octanol–water partition coefficient (Wildman–Crippen LogP) is 2.48. The maximum absolute atomic E-state index is 12.6. The predicted molar refractivity (Wildman–Crippen MR) is 94.0 cm³/mol. The van der Waals surface area contributed by atoms with Gasteiger partial charge in [0.1, 0.15) is 11.5 Å². The molecule has 0 aliphatic heterocycles. The molecule has 26 heavy (non-hydrogen) atoms. The van der Waals surface area contributed by atoms with E-state index in [9.17, 15) is 9.59 Å². The van der Waals surface area contributed by atoms with Gasteiger partial charge in [0.2, 0.25) is 0 Å². The van der Waals surface area contributed by atoms with Crippen molar-refractivity contribution in [2.75, 3.05) is 5.32 Å². The first-order valence-electron chi connectivity index (χ1n) is 8.15. The maximum Gasteiger partial charge on any atom is 0.332 e. The number of nitrogens with two attached hydrogens (primary N) is 1. The number of anilines is 1. The zero-order valence-electron chi connectivity index (χ0n) is 15.1. The molecule has 9 heteroatoms. The number of amides is 3. The number of hydrogen-bond donors (Lipinski definition) is 3. The molecule has 0 aromatic carbocycles. The lowest BCUT2D eigenvalue weighted by atomic mass is 9.75. The Morgan fingerprint density at radius 3 is 2.65 bits per heavy atom. The van der Waals surface area contributed by atoms with E-state index in [1.165, 1.54) is 0 Å². The zero-order chi connectivity index (χ0) is 19.1. The van der Waals surface area contributed by atoms with Gasteiger partial charge in [0.25, 0.3) is 5.91 Å². The summed E-state index contributed by atoms with van der Waals surface area (Å²) in [5.74, 6) is 1.31. The Morgan fingerprint density at radius 2 is 2.04 bits per heavy atom. The monoisotopic (exact) mass is 359 g/mol. The number of nitrogens with one attached hydrogen (secondary N) is 2. The molecule has 9 nitrogen and oxygen atoms in total. The third kappa shape index (κ3) is 3.46. The average molecular weight is 359 g/mol. The van der Waals surface area contributed by atoms with Crippen LogP contribution in [0.5, 0.6) is 0 Å². The summed E-state index contributed by atoms with van der Waals surface area (Å²) in [7, 11) is 0. The molecule has 1 aliphatic rings. The molecule has 0 saturated carbocycles. The molecule has 1 aliphatic carbocycles. The first kappa shape index (κ1) is 17.7. The summed E-state index contributed by atoms with van der Waals surface area (Å²) in [5.41, 5.74) is 9.27. The van der Waals surface area contributed by atoms with Crippen LogP contribution in [-0.2, 0) is 6.42 Å². The van der Waals surface area contributed by atoms with Gasteiger partial charge in [-0.25, -0.2) is 10.2 Å². The van der Waals surface area contributed by atoms with Gasteiger partial charge in [0, 0.05) is 23.6 Å². The van der Waals surface area contributed by atoms with Crippen LogP contribution in [0, 0.1) is 19.3 Å². The fourth-order valence-electron chi connectivity index (χ4n) is 3.15. The smallest absolute Gasteiger partial charge is 0.332 e. The molecule has 0 unspecified atom stereocenters. The number of hydrogen-bond acceptors (Lipinski definition) is 6. The molecule has 2 heterocycles. The number of fused-ring (bicyclic) bond motifs is 1. The van der Waals surface area contributed by atoms with Gasteiger partial charge in [-0.3, -0.25) is 4.79 Å². The summed E-state index contributed by atoms with van der Waals surface area (Å²) in [4.78, 5) is 23.6. The van der Waals surface area contributed by atoms with Gasteiger partial charge >= 0.3 is 6.03 Å². The molecule has 4 N–H and O–H groups in total. The number of carbonyl (C=O) groups is 2. The van der Waals surface area contributed by atoms with Gasteiger partial charge in [0.15, 0.2) is 11.6 Å². The number of carbonyl (C=O) groups excluding carboxylic acids is 2. The fraction of sp³-hybridized carbons (Fsp3) is 0.412. The molecule has 0 saturated heterocycles. The van der Waals surface area contributed by atoms with E-state index in [0.29, 0.717) is 41.5 Å². The number of primary amides is 1. The molecular formula is C17H21N5O4. The van der Waals surface area contributed by atoms with E-state index in [-0.39, 0.29) is 11.2 Å². The van der Waals surface area contributed by atoms with E-state index >= 15 is 0 Å². The van der Waals surface area contributed by atoms with Crippen LogP contribution in [0.3, 0.4) is 0 Å². The lowest BCUT2D eigenvalue weighted by Gasteiger charge is -2.29. The lowest BCUT2D eigenvalue weighted by molar-refractivity contribution is 0.0992. The first-order valence-corrected chi connectivity index (χ1v) is 8.15. The summed E-state index contributed by atoms with van der Waals surface area (Å²) >= 11 is 0. The van der Waals surface area contributed by atoms with Gasteiger partial charge in [-0.2, -0.15) is 5.10 Å². The van der Waals surface area contributed by atoms with Crippen molar-refractivity contribution in [2.24, 2.45) is 16.3 Å². The highest BCUT2D eigenvalue weighted by molar-refractivity contribution is 6.09. The first-order chi connectivity index (χ1) is 12.2. The van der Waals surface area contributed by atoms with Crippen LogP contribution < -0.4 is 16.5 Å². The molecule has 3 rings (SSSR count). The van der Waals surface area contributed by atoms with Crippen molar-refractivity contribution < 1.29 is 18.5 Å². The van der Waals surface area contributed by atoms with E-state index in [1.54, 1.807) is 19.9 Å². The van der Waals surface area contributed by atoms with E-state index in [4.69, 9.17) is 14.7 Å². The van der Waals surface area contributed by atoms with Crippen LogP contribution in [0.2, 0.25) is 0 Å². The maximum atomic E-state index is 12.6. The van der Waals surface area contributed by atoms with Crippen LogP contribution in [0.25, 0.3) is 0 Å². The normalized spacial score (nSPS) is 17.0. The average Bonchev–Trinajstić information content (AvgIpc) is 3.07. The number of urea groups is 1. The van der Waals surface area contributed by atoms with Gasteiger partial charge < -0.3 is 20.0 Å². The second-order valence-corrected chi connectivity index (χ2v) is 7.18. The van der Waals surface area contributed by atoms with Crippen molar-refractivity contribution in [3.63, 3.8) is 0 Å². The number of rotatable bonds is 3. The summed E-state index contributed by atoms with van der Waals surface area (Å²) in [5, 5.41) is 10.5. The molecule has 0 fully saturated rings. The molecule has 0 bridgehead atoms. The molecule has 0 radical (unpaired) electrons. The van der Waals surface area contributed by atoms with Crippen LogP contribution in [0.15, 0.2) is 20.1 Å². The Kier molecular flexibility index (Phi) is 4.31. The third-order valence-electron chi connectivity index (χ3n) is 4.17. The summed E-state index contributed by atoms with van der Waals surface area (Å²) in [6.07, 6.45) is 1.26. The van der Waals surface area contributed by atoms with Crippen LogP contribution in [0.4, 0.5) is 10.6 Å². The summed E-state index contributed by atoms with van der Waals surface area (Å²) in [6, 6.07) is 0.867. The second-order valence-electron chi connectivity index (χ2n) is 7.18. The van der Waals surface area contributed by atoms with Gasteiger partial charge in [-0.05, 0) is 25.7 Å². The van der Waals surface area contributed by atoms with Crippen molar-refractivity contribution in [1.82, 2.24) is 10.6 Å². The van der Waals surface area contributed by atoms with Crippen molar-refractivity contribution >= 4 is 23.5 Å². The van der Waals surface area contributed by atoms with Crippen molar-refractivity contribution in [1.29, 1.82) is 0 Å². The minimum absolute atomic E-state index is 0.133. The molecule has 0 atom stereocenters. The lowest BCUT2D eigenvalue weighted by Crippen LogP contribution is -2.31. The largest absolute Gasteiger partial charge is 0.455 e. The standard InChI is InChI=1S/C17H21N5O4/c1-8-5-12(22-26-8)19-15(23)14-9(2)13-10(20-21-16(18)24)6-17(3,4)7-11(13)25-14/h5H,6-7H2,1-4H3,(H3,18,21,24)(H,19,22,23)/b20-10-. The molecule has 138 valence electrons. The summed E-state index contributed by atoms with van der Waals surface area (Å²) < 4.78 is 10.8. The Hall–Kier alpha value is -3.10. The van der Waals surface area contributed by atoms with Gasteiger partial charge in [-0.15, -0.1) is 0 Å². The van der Waals surface area contributed by atoms with E-state index in [1.807, 2.05) is 0 Å². The highest BCUT2D eigenvalue weighted by Crippen LogP contribution is 2.38. The van der Waals surface area contributed by atoms with Crippen LogP contribution in [0.1, 0.15) is 53.5 Å². The van der Waals surface area contributed by atoms with Gasteiger partial charge in [0.05, 0.1) is 5.71 Å². The zero-order valence-corrected chi connectivity index (χ0v) is 15.1. The molecule has 3 amide bonds. The number of aromatic nitrogens is 1. The minimum Gasteiger partial charge on any atom is -0.455 e. The Labute approximate surface area is 150 Å². The summed E-state index contributed by atoms with van der Waals surface area (Å²) in [6.45, 7) is 7.64. The van der Waals surface area contributed by atoms with Gasteiger partial charge in [-0.1, -0.05) is 19.0 Å². The quantitative estimate of drug-likeness (QED) is 0.723. The van der Waals surface area contributed by atoms with E-state index in [0.717, 1.165) is 5.56 Å².